The summed E-state index contributed by atoms with van der Waals surface area (Å²) in [6.45, 7) is 2.65. The highest BCUT2D eigenvalue weighted by Crippen LogP contribution is 2.26. The minimum absolute atomic E-state index is 0.164. The van der Waals surface area contributed by atoms with Crippen molar-refractivity contribution in [3.8, 4) is 0 Å². The minimum Gasteiger partial charge on any atom is -0.341 e. The number of hydrogen-bond acceptors (Lipinski definition) is 2. The van der Waals surface area contributed by atoms with Gasteiger partial charge < -0.3 is 10.2 Å². The van der Waals surface area contributed by atoms with E-state index in [4.69, 9.17) is 23.2 Å². The second kappa shape index (κ2) is 8.02. The van der Waals surface area contributed by atoms with Gasteiger partial charge in [0.25, 0.3) is 0 Å². The number of amides is 1. The summed E-state index contributed by atoms with van der Waals surface area (Å²) in [5, 5.41) is 4.45. The number of nitrogens with one attached hydrogen (secondary N) is 1. The SMILES string of the molecule is CN(Cc1cccc(Cl)c1Cl)C(=O)CCC1CCCNC1. The molecule has 21 heavy (non-hydrogen) atoms. The van der Waals surface area contributed by atoms with Crippen molar-refractivity contribution in [2.24, 2.45) is 5.92 Å². The smallest absolute Gasteiger partial charge is 0.222 e. The van der Waals surface area contributed by atoms with Crippen LogP contribution in [0.25, 0.3) is 0 Å². The molecule has 0 bridgehead atoms. The van der Waals surface area contributed by atoms with Crippen LogP contribution >= 0.6 is 23.2 Å². The Morgan fingerprint density at radius 1 is 1.43 bits per heavy atom. The highest BCUT2D eigenvalue weighted by molar-refractivity contribution is 6.42. The molecule has 1 fully saturated rings. The Hall–Kier alpha value is -0.770. The van der Waals surface area contributed by atoms with E-state index in [0.29, 0.717) is 28.9 Å². The molecule has 3 nitrogen and oxygen atoms in total. The van der Waals surface area contributed by atoms with Crippen LogP contribution in [0.15, 0.2) is 18.2 Å². The Morgan fingerprint density at radius 2 is 2.24 bits per heavy atom. The summed E-state index contributed by atoms with van der Waals surface area (Å²) in [5.74, 6) is 0.794. The van der Waals surface area contributed by atoms with Crippen molar-refractivity contribution >= 4 is 29.1 Å². The second-order valence-corrected chi connectivity index (χ2v) is 6.50. The predicted molar refractivity (Wildman–Crippen MR) is 87.8 cm³/mol. The monoisotopic (exact) mass is 328 g/mol. The molecule has 1 heterocycles. The van der Waals surface area contributed by atoms with E-state index in [1.807, 2.05) is 19.2 Å². The molecule has 1 aliphatic rings. The van der Waals surface area contributed by atoms with Crippen molar-refractivity contribution in [3.05, 3.63) is 33.8 Å². The Labute approximate surface area is 136 Å². The van der Waals surface area contributed by atoms with Crippen LogP contribution in [0, 0.1) is 5.92 Å². The fourth-order valence-corrected chi connectivity index (χ4v) is 3.08. The molecule has 1 N–H and O–H groups in total. The Morgan fingerprint density at radius 3 is 2.95 bits per heavy atom. The number of carbonyl (C=O) groups is 1. The number of piperidine rings is 1. The van der Waals surface area contributed by atoms with Crippen LogP contribution in [-0.2, 0) is 11.3 Å². The molecule has 1 aromatic carbocycles. The molecule has 1 saturated heterocycles. The van der Waals surface area contributed by atoms with Gasteiger partial charge in [-0.2, -0.15) is 0 Å². The van der Waals surface area contributed by atoms with Gasteiger partial charge in [-0.25, -0.2) is 0 Å². The molecule has 1 atom stereocenters. The van der Waals surface area contributed by atoms with Crippen molar-refractivity contribution in [3.63, 3.8) is 0 Å². The van der Waals surface area contributed by atoms with E-state index in [2.05, 4.69) is 5.32 Å². The summed E-state index contributed by atoms with van der Waals surface area (Å²) in [5.41, 5.74) is 0.888. The van der Waals surface area contributed by atoms with E-state index in [9.17, 15) is 4.79 Å². The third-order valence-electron chi connectivity index (χ3n) is 4.03. The third kappa shape index (κ3) is 4.87. The molecule has 0 spiro atoms. The summed E-state index contributed by atoms with van der Waals surface area (Å²) >= 11 is 12.2. The largest absolute Gasteiger partial charge is 0.341 e. The zero-order valence-corrected chi connectivity index (χ0v) is 13.9. The molecule has 116 valence electrons. The Kier molecular flexibility index (Phi) is 6.34. The highest BCUT2D eigenvalue weighted by atomic mass is 35.5. The first kappa shape index (κ1) is 16.6. The van der Waals surface area contributed by atoms with Gasteiger partial charge in [-0.15, -0.1) is 0 Å². The lowest BCUT2D eigenvalue weighted by Gasteiger charge is -2.24. The van der Waals surface area contributed by atoms with Crippen molar-refractivity contribution in [2.75, 3.05) is 20.1 Å². The van der Waals surface area contributed by atoms with Gasteiger partial charge in [-0.1, -0.05) is 35.3 Å². The van der Waals surface area contributed by atoms with Gasteiger partial charge in [-0.05, 0) is 49.9 Å². The van der Waals surface area contributed by atoms with E-state index in [-0.39, 0.29) is 5.91 Å². The normalized spacial score (nSPS) is 18.5. The van der Waals surface area contributed by atoms with Gasteiger partial charge in [-0.3, -0.25) is 4.79 Å². The van der Waals surface area contributed by atoms with Crippen LogP contribution in [-0.4, -0.2) is 30.9 Å². The van der Waals surface area contributed by atoms with E-state index in [0.717, 1.165) is 25.1 Å². The lowest BCUT2D eigenvalue weighted by atomic mass is 9.94. The summed E-state index contributed by atoms with van der Waals surface area (Å²) in [6.07, 6.45) is 4.00. The van der Waals surface area contributed by atoms with Gasteiger partial charge >= 0.3 is 0 Å². The van der Waals surface area contributed by atoms with E-state index in [1.165, 1.54) is 12.8 Å². The van der Waals surface area contributed by atoms with Crippen molar-refractivity contribution in [1.82, 2.24) is 10.2 Å². The number of carbonyl (C=O) groups excluding carboxylic acids is 1. The number of halogens is 2. The zero-order valence-electron chi connectivity index (χ0n) is 12.4. The molecule has 2 rings (SSSR count). The minimum atomic E-state index is 0.164. The summed E-state index contributed by atoms with van der Waals surface area (Å²) in [4.78, 5) is 13.9. The molecular weight excluding hydrogens is 307 g/mol. The standard InChI is InChI=1S/C16H22Cl2N2O/c1-20(11-13-5-2-6-14(17)16(13)18)15(21)8-7-12-4-3-9-19-10-12/h2,5-6,12,19H,3-4,7-11H2,1H3. The van der Waals surface area contributed by atoms with Crippen molar-refractivity contribution in [1.29, 1.82) is 0 Å². The molecule has 0 aliphatic carbocycles. The lowest BCUT2D eigenvalue weighted by molar-refractivity contribution is -0.130. The molecule has 1 unspecified atom stereocenters. The van der Waals surface area contributed by atoms with Gasteiger partial charge in [0.2, 0.25) is 5.91 Å². The fraction of sp³-hybridized carbons (Fsp3) is 0.562. The maximum atomic E-state index is 12.2. The summed E-state index contributed by atoms with van der Waals surface area (Å²) in [6, 6.07) is 5.52. The molecule has 5 heteroatoms. The van der Waals surface area contributed by atoms with Crippen LogP contribution in [0.2, 0.25) is 10.0 Å². The average Bonchev–Trinajstić information content (AvgIpc) is 2.50. The summed E-state index contributed by atoms with van der Waals surface area (Å²) < 4.78 is 0. The Balaban J connectivity index is 1.83. The van der Waals surface area contributed by atoms with Crippen LogP contribution in [0.5, 0.6) is 0 Å². The first-order valence-corrected chi connectivity index (χ1v) is 8.21. The fourth-order valence-electron chi connectivity index (χ4n) is 2.70. The number of hydrogen-bond donors (Lipinski definition) is 1. The maximum Gasteiger partial charge on any atom is 0.222 e. The quantitative estimate of drug-likeness (QED) is 0.893. The first-order chi connectivity index (χ1) is 10.1. The van der Waals surface area contributed by atoms with E-state index >= 15 is 0 Å². The zero-order chi connectivity index (χ0) is 15.2. The third-order valence-corrected chi connectivity index (χ3v) is 4.89. The maximum absolute atomic E-state index is 12.2. The van der Waals surface area contributed by atoms with Gasteiger partial charge in [0.15, 0.2) is 0 Å². The van der Waals surface area contributed by atoms with Crippen molar-refractivity contribution < 1.29 is 4.79 Å². The number of benzene rings is 1. The van der Waals surface area contributed by atoms with Gasteiger partial charge in [0.1, 0.15) is 0 Å². The second-order valence-electron chi connectivity index (χ2n) is 5.71. The topological polar surface area (TPSA) is 32.3 Å². The molecule has 1 amide bonds. The first-order valence-electron chi connectivity index (χ1n) is 7.45. The predicted octanol–water partition coefficient (Wildman–Crippen LogP) is 3.73. The van der Waals surface area contributed by atoms with Crippen LogP contribution < -0.4 is 5.32 Å². The van der Waals surface area contributed by atoms with E-state index < -0.39 is 0 Å². The highest BCUT2D eigenvalue weighted by Gasteiger charge is 2.17. The molecule has 0 aromatic heterocycles. The van der Waals surface area contributed by atoms with Gasteiger partial charge in [0, 0.05) is 20.0 Å². The Bertz CT molecular complexity index is 487. The summed E-state index contributed by atoms with van der Waals surface area (Å²) in [7, 11) is 1.82. The van der Waals surface area contributed by atoms with E-state index in [1.54, 1.807) is 11.0 Å². The van der Waals surface area contributed by atoms with Crippen molar-refractivity contribution in [2.45, 2.75) is 32.2 Å². The average molecular weight is 329 g/mol. The van der Waals surface area contributed by atoms with Crippen LogP contribution in [0.1, 0.15) is 31.2 Å². The van der Waals surface area contributed by atoms with Crippen LogP contribution in [0.3, 0.4) is 0 Å². The van der Waals surface area contributed by atoms with Gasteiger partial charge in [0.05, 0.1) is 10.0 Å². The molecule has 1 aromatic rings. The molecule has 0 radical (unpaired) electrons. The van der Waals surface area contributed by atoms with Crippen LogP contribution in [0.4, 0.5) is 0 Å². The molecule has 1 aliphatic heterocycles. The number of nitrogens with zero attached hydrogens (tertiary/aromatic N) is 1. The molecule has 0 saturated carbocycles. The lowest BCUT2D eigenvalue weighted by Crippen LogP contribution is -2.31. The number of rotatable bonds is 5. The molecular formula is C16H22Cl2N2O.